The monoisotopic (exact) mass is 298 g/mol. The molecule has 0 amide bonds. The van der Waals surface area contributed by atoms with E-state index in [1.54, 1.807) is 21.3 Å². The van der Waals surface area contributed by atoms with E-state index in [1.807, 2.05) is 30.3 Å². The fraction of sp³-hybridized carbons (Fsp3) is 0.263. The number of methoxy groups -OCH3 is 3. The van der Waals surface area contributed by atoms with Crippen LogP contribution in [0.1, 0.15) is 17.5 Å². The zero-order chi connectivity index (χ0) is 15.8. The molecule has 0 spiro atoms. The van der Waals surface area contributed by atoms with E-state index < -0.39 is 0 Å². The van der Waals surface area contributed by atoms with E-state index in [0.29, 0.717) is 11.5 Å². The minimum atomic E-state index is 0.648. The largest absolute Gasteiger partial charge is 0.493 e. The lowest BCUT2D eigenvalue weighted by molar-refractivity contribution is 0.322. The molecular formula is C19H22O3. The van der Waals surface area contributed by atoms with E-state index in [1.165, 1.54) is 5.56 Å². The van der Waals surface area contributed by atoms with Gasteiger partial charge < -0.3 is 14.2 Å². The molecule has 2 aromatic rings. The summed E-state index contributed by atoms with van der Waals surface area (Å²) in [6.45, 7) is 0. The number of aryl methyl sites for hydroxylation is 1. The van der Waals surface area contributed by atoms with Gasteiger partial charge in [-0.2, -0.15) is 0 Å². The standard InChI is InChI=1S/C19H22O3/c1-20-17-14-13-16(18(21-2)19(17)22-3)12-8-7-11-15-9-5-4-6-10-15/h4-7,9-11,13-14H,8,12H2,1-3H3. The lowest BCUT2D eigenvalue weighted by atomic mass is 10.1. The Bertz CT molecular complexity index is 618. The minimum absolute atomic E-state index is 0.648. The van der Waals surface area contributed by atoms with Crippen LogP contribution in [0.5, 0.6) is 17.2 Å². The van der Waals surface area contributed by atoms with Gasteiger partial charge in [-0.3, -0.25) is 0 Å². The van der Waals surface area contributed by atoms with E-state index in [2.05, 4.69) is 24.3 Å². The molecule has 0 unspecified atom stereocenters. The average Bonchev–Trinajstić information content (AvgIpc) is 2.58. The molecular weight excluding hydrogens is 276 g/mol. The summed E-state index contributed by atoms with van der Waals surface area (Å²) < 4.78 is 16.2. The number of ether oxygens (including phenoxy) is 3. The Morgan fingerprint density at radius 1 is 0.818 bits per heavy atom. The van der Waals surface area contributed by atoms with Gasteiger partial charge in [0.05, 0.1) is 21.3 Å². The molecule has 0 atom stereocenters. The van der Waals surface area contributed by atoms with Crippen LogP contribution >= 0.6 is 0 Å². The van der Waals surface area contributed by atoms with Crippen LogP contribution in [-0.2, 0) is 6.42 Å². The highest BCUT2D eigenvalue weighted by atomic mass is 16.5. The fourth-order valence-corrected chi connectivity index (χ4v) is 2.38. The third-order valence-corrected chi connectivity index (χ3v) is 3.48. The molecule has 3 heteroatoms. The molecule has 0 bridgehead atoms. The molecule has 2 rings (SSSR count). The van der Waals surface area contributed by atoms with Crippen LogP contribution in [0.15, 0.2) is 48.5 Å². The SMILES string of the molecule is COc1ccc(CCC=Cc2ccccc2)c(OC)c1OC. The van der Waals surface area contributed by atoms with Crippen molar-refractivity contribution in [3.05, 3.63) is 59.7 Å². The maximum atomic E-state index is 5.50. The van der Waals surface area contributed by atoms with E-state index in [0.717, 1.165) is 24.2 Å². The zero-order valence-corrected chi connectivity index (χ0v) is 13.3. The number of rotatable bonds is 7. The maximum absolute atomic E-state index is 5.50. The van der Waals surface area contributed by atoms with Gasteiger partial charge in [0.25, 0.3) is 0 Å². The van der Waals surface area contributed by atoms with E-state index in [4.69, 9.17) is 14.2 Å². The maximum Gasteiger partial charge on any atom is 0.203 e. The highest BCUT2D eigenvalue weighted by Crippen LogP contribution is 2.40. The van der Waals surface area contributed by atoms with Gasteiger partial charge in [-0.05, 0) is 30.0 Å². The lowest BCUT2D eigenvalue weighted by Crippen LogP contribution is -1.98. The summed E-state index contributed by atoms with van der Waals surface area (Å²) in [7, 11) is 4.90. The lowest BCUT2D eigenvalue weighted by Gasteiger charge is -2.15. The van der Waals surface area contributed by atoms with Crippen molar-refractivity contribution >= 4 is 6.08 Å². The van der Waals surface area contributed by atoms with Crippen molar-refractivity contribution in [3.63, 3.8) is 0 Å². The Hall–Kier alpha value is -2.42. The summed E-state index contributed by atoms with van der Waals surface area (Å²) in [5.41, 5.74) is 2.32. The third kappa shape index (κ3) is 3.82. The zero-order valence-electron chi connectivity index (χ0n) is 13.3. The summed E-state index contributed by atoms with van der Waals surface area (Å²) in [6, 6.07) is 14.2. The topological polar surface area (TPSA) is 27.7 Å². The van der Waals surface area contributed by atoms with E-state index >= 15 is 0 Å². The molecule has 2 aromatic carbocycles. The van der Waals surface area contributed by atoms with Gasteiger partial charge in [-0.1, -0.05) is 48.6 Å². The van der Waals surface area contributed by atoms with Gasteiger partial charge in [0.15, 0.2) is 11.5 Å². The molecule has 0 saturated heterocycles. The Balaban J connectivity index is 2.08. The molecule has 0 fully saturated rings. The summed E-state index contributed by atoms with van der Waals surface area (Å²) >= 11 is 0. The summed E-state index contributed by atoms with van der Waals surface area (Å²) in [6.07, 6.45) is 6.12. The second-order valence-electron chi connectivity index (χ2n) is 4.85. The Labute approximate surface area is 132 Å². The molecule has 0 heterocycles. The third-order valence-electron chi connectivity index (χ3n) is 3.48. The van der Waals surface area contributed by atoms with Crippen molar-refractivity contribution < 1.29 is 14.2 Å². The average molecular weight is 298 g/mol. The van der Waals surface area contributed by atoms with Crippen molar-refractivity contribution in [3.8, 4) is 17.2 Å². The number of benzene rings is 2. The minimum Gasteiger partial charge on any atom is -0.493 e. The van der Waals surface area contributed by atoms with Crippen LogP contribution in [0.2, 0.25) is 0 Å². The Morgan fingerprint density at radius 3 is 2.18 bits per heavy atom. The van der Waals surface area contributed by atoms with Gasteiger partial charge in [0.1, 0.15) is 0 Å². The van der Waals surface area contributed by atoms with Gasteiger partial charge in [-0.25, -0.2) is 0 Å². The highest BCUT2D eigenvalue weighted by molar-refractivity contribution is 5.56. The van der Waals surface area contributed by atoms with Crippen LogP contribution in [-0.4, -0.2) is 21.3 Å². The van der Waals surface area contributed by atoms with Crippen LogP contribution in [0.3, 0.4) is 0 Å². The first kappa shape index (κ1) is 16.0. The molecule has 116 valence electrons. The molecule has 22 heavy (non-hydrogen) atoms. The van der Waals surface area contributed by atoms with E-state index in [9.17, 15) is 0 Å². The second-order valence-corrected chi connectivity index (χ2v) is 4.85. The van der Waals surface area contributed by atoms with Crippen LogP contribution in [0.25, 0.3) is 6.08 Å². The summed E-state index contributed by atoms with van der Waals surface area (Å²) in [5, 5.41) is 0. The van der Waals surface area contributed by atoms with Crippen LogP contribution in [0, 0.1) is 0 Å². The summed E-state index contributed by atoms with van der Waals surface area (Å²) in [5.74, 6) is 2.08. The van der Waals surface area contributed by atoms with Crippen molar-refractivity contribution in [2.45, 2.75) is 12.8 Å². The molecule has 0 radical (unpaired) electrons. The van der Waals surface area contributed by atoms with Crippen molar-refractivity contribution in [2.75, 3.05) is 21.3 Å². The molecule has 0 aliphatic rings. The van der Waals surface area contributed by atoms with Crippen molar-refractivity contribution in [2.24, 2.45) is 0 Å². The molecule has 0 aromatic heterocycles. The smallest absolute Gasteiger partial charge is 0.203 e. The van der Waals surface area contributed by atoms with Crippen molar-refractivity contribution in [1.29, 1.82) is 0 Å². The predicted octanol–water partition coefficient (Wildman–Crippen LogP) is 4.36. The van der Waals surface area contributed by atoms with Crippen LogP contribution < -0.4 is 14.2 Å². The predicted molar refractivity (Wildman–Crippen MR) is 89.9 cm³/mol. The Morgan fingerprint density at radius 2 is 1.55 bits per heavy atom. The molecule has 0 saturated carbocycles. The Kier molecular flexibility index (Phi) is 5.90. The van der Waals surface area contributed by atoms with Crippen molar-refractivity contribution in [1.82, 2.24) is 0 Å². The molecule has 0 aliphatic heterocycles. The first-order valence-electron chi connectivity index (χ1n) is 7.29. The van der Waals surface area contributed by atoms with Gasteiger partial charge in [-0.15, -0.1) is 0 Å². The molecule has 3 nitrogen and oxygen atoms in total. The first-order chi connectivity index (χ1) is 10.8. The van der Waals surface area contributed by atoms with Gasteiger partial charge in [0, 0.05) is 0 Å². The van der Waals surface area contributed by atoms with Gasteiger partial charge in [0.2, 0.25) is 5.75 Å². The quantitative estimate of drug-likeness (QED) is 0.760. The number of allylic oxidation sites excluding steroid dienone is 1. The normalized spacial score (nSPS) is 10.7. The van der Waals surface area contributed by atoms with Gasteiger partial charge >= 0.3 is 0 Å². The number of hydrogen-bond donors (Lipinski definition) is 0. The fourth-order valence-electron chi connectivity index (χ4n) is 2.38. The van der Waals surface area contributed by atoms with Crippen LogP contribution in [0.4, 0.5) is 0 Å². The number of hydrogen-bond acceptors (Lipinski definition) is 3. The molecule has 0 aliphatic carbocycles. The summed E-state index contributed by atoms with van der Waals surface area (Å²) in [4.78, 5) is 0. The molecule has 0 N–H and O–H groups in total. The highest BCUT2D eigenvalue weighted by Gasteiger charge is 2.14. The van der Waals surface area contributed by atoms with E-state index in [-0.39, 0.29) is 0 Å². The first-order valence-corrected chi connectivity index (χ1v) is 7.29. The second kappa shape index (κ2) is 8.13.